The number of amides is 1. The molecule has 1 fully saturated rings. The maximum Gasteiger partial charge on any atom is 0.284 e. The molecule has 2 heterocycles. The van der Waals surface area contributed by atoms with Crippen LogP contribution in [0.25, 0.3) is 16.2 Å². The van der Waals surface area contributed by atoms with E-state index >= 15 is 0 Å². The van der Waals surface area contributed by atoms with Crippen LogP contribution in [-0.4, -0.2) is 72.3 Å². The number of hydrogen-bond acceptors (Lipinski definition) is 8. The minimum atomic E-state index is -3.88. The zero-order chi connectivity index (χ0) is 23.9. The van der Waals surface area contributed by atoms with Crippen LogP contribution in [0.4, 0.5) is 0 Å². The van der Waals surface area contributed by atoms with E-state index in [1.54, 1.807) is 36.8 Å². The predicted octanol–water partition coefficient (Wildman–Crippen LogP) is 2.06. The van der Waals surface area contributed by atoms with Crippen LogP contribution in [-0.2, 0) is 10.0 Å². The number of hydrogen-bond donors (Lipinski definition) is 2. The molecule has 10 nitrogen and oxygen atoms in total. The van der Waals surface area contributed by atoms with Gasteiger partial charge in [0.25, 0.3) is 5.91 Å². The van der Waals surface area contributed by atoms with Crippen LogP contribution in [0.1, 0.15) is 41.2 Å². The van der Waals surface area contributed by atoms with Crippen molar-refractivity contribution < 1.29 is 23.1 Å². The first-order valence-corrected chi connectivity index (χ1v) is 12.9. The fraction of sp³-hybridized carbons (Fsp3) is 0.476. The van der Waals surface area contributed by atoms with Crippen molar-refractivity contribution in [2.24, 2.45) is 0 Å². The van der Waals surface area contributed by atoms with E-state index < -0.39 is 10.0 Å². The first-order valence-electron chi connectivity index (χ1n) is 10.6. The number of aryl methyl sites for hydroxylation is 1. The van der Waals surface area contributed by atoms with Gasteiger partial charge in [-0.25, -0.2) is 22.6 Å². The number of nitrogens with zero attached hydrogens (tertiary/aromatic N) is 4. The lowest BCUT2D eigenvalue weighted by Gasteiger charge is -2.26. The number of aliphatic hydroxyl groups is 1. The van der Waals surface area contributed by atoms with E-state index in [4.69, 9.17) is 4.74 Å². The van der Waals surface area contributed by atoms with Crippen molar-refractivity contribution in [3.63, 3.8) is 0 Å². The van der Waals surface area contributed by atoms with Crippen molar-refractivity contribution in [1.29, 1.82) is 0 Å². The third kappa shape index (κ3) is 4.60. The van der Waals surface area contributed by atoms with Gasteiger partial charge in [0.05, 0.1) is 24.6 Å². The Morgan fingerprint density at radius 1 is 1.27 bits per heavy atom. The number of fused-ring (bicyclic) bond motifs is 1. The average molecular weight is 494 g/mol. The van der Waals surface area contributed by atoms with Crippen molar-refractivity contribution in [2.75, 3.05) is 21.2 Å². The third-order valence-electron chi connectivity index (χ3n) is 5.71. The fourth-order valence-corrected chi connectivity index (χ4v) is 6.43. The standard InChI is InChI=1S/C21H27N5O5S2/c1-12-18(26-21(22-12)32-19(23-26)20(28)25(2)3)13-5-10-16(31-4)17(11-13)33(29,30)24-14-6-8-15(27)9-7-14/h5,10-11,14-15,24,27H,6-9H2,1-4H3/t14-,15+. The molecule has 0 unspecified atom stereocenters. The Kier molecular flexibility index (Phi) is 6.45. The van der Waals surface area contributed by atoms with E-state index in [1.165, 1.54) is 23.3 Å². The van der Waals surface area contributed by atoms with Gasteiger partial charge in [-0.1, -0.05) is 11.3 Å². The second-order valence-corrected chi connectivity index (χ2v) is 11.0. The fourth-order valence-electron chi connectivity index (χ4n) is 3.97. The van der Waals surface area contributed by atoms with E-state index in [0.717, 1.165) is 0 Å². The van der Waals surface area contributed by atoms with E-state index in [2.05, 4.69) is 14.8 Å². The van der Waals surface area contributed by atoms with Gasteiger partial charge in [-0.3, -0.25) is 4.79 Å². The van der Waals surface area contributed by atoms with Crippen LogP contribution in [0.15, 0.2) is 23.1 Å². The van der Waals surface area contributed by atoms with Crippen LogP contribution in [0.5, 0.6) is 5.75 Å². The zero-order valence-corrected chi connectivity index (χ0v) is 20.5. The Balaban J connectivity index is 1.74. The molecule has 4 rings (SSSR count). The summed E-state index contributed by atoms with van der Waals surface area (Å²) in [7, 11) is 0.843. The highest BCUT2D eigenvalue weighted by atomic mass is 32.2. The number of benzene rings is 1. The molecule has 0 saturated heterocycles. The molecule has 2 N–H and O–H groups in total. The van der Waals surface area contributed by atoms with Crippen molar-refractivity contribution in [3.8, 4) is 17.0 Å². The van der Waals surface area contributed by atoms with Crippen molar-refractivity contribution >= 4 is 32.2 Å². The summed E-state index contributed by atoms with van der Waals surface area (Å²) in [5, 5.41) is 14.4. The van der Waals surface area contributed by atoms with Gasteiger partial charge in [-0.2, -0.15) is 0 Å². The smallest absolute Gasteiger partial charge is 0.284 e. The van der Waals surface area contributed by atoms with Gasteiger partial charge >= 0.3 is 0 Å². The highest BCUT2D eigenvalue weighted by molar-refractivity contribution is 7.89. The number of methoxy groups -OCH3 is 1. The van der Waals surface area contributed by atoms with Crippen molar-refractivity contribution in [3.05, 3.63) is 28.9 Å². The van der Waals surface area contributed by atoms with Gasteiger partial charge in [0.15, 0.2) is 0 Å². The average Bonchev–Trinajstić information content (AvgIpc) is 3.30. The molecule has 0 radical (unpaired) electrons. The lowest BCUT2D eigenvalue weighted by Crippen LogP contribution is -2.38. The second kappa shape index (κ2) is 9.01. The first kappa shape index (κ1) is 23.6. The molecule has 2 aromatic heterocycles. The number of sulfonamides is 1. The first-order chi connectivity index (χ1) is 15.6. The molecule has 12 heteroatoms. The van der Waals surface area contributed by atoms with Crippen molar-refractivity contribution in [2.45, 2.75) is 49.6 Å². The Hall–Kier alpha value is -2.54. The lowest BCUT2D eigenvalue weighted by atomic mass is 9.94. The summed E-state index contributed by atoms with van der Waals surface area (Å²) in [5.74, 6) is -0.00356. The number of imidazole rings is 1. The Labute approximate surface area is 196 Å². The molecule has 0 spiro atoms. The molecular weight excluding hydrogens is 466 g/mol. The van der Waals surface area contributed by atoms with Gasteiger partial charge in [0, 0.05) is 25.7 Å². The Morgan fingerprint density at radius 2 is 1.97 bits per heavy atom. The van der Waals surface area contributed by atoms with E-state index in [0.29, 0.717) is 52.6 Å². The van der Waals surface area contributed by atoms with Crippen molar-refractivity contribution in [1.82, 2.24) is 24.2 Å². The second-order valence-electron chi connectivity index (χ2n) is 8.34. The minimum absolute atomic E-state index is 0.0165. The molecular formula is C21H27N5O5S2. The summed E-state index contributed by atoms with van der Waals surface area (Å²) in [6.45, 7) is 1.81. The van der Waals surface area contributed by atoms with E-state index in [-0.39, 0.29) is 28.7 Å². The monoisotopic (exact) mass is 493 g/mol. The minimum Gasteiger partial charge on any atom is -0.495 e. The molecule has 3 aromatic rings. The van der Waals surface area contributed by atoms with E-state index in [9.17, 15) is 18.3 Å². The highest BCUT2D eigenvalue weighted by Gasteiger charge is 2.28. The number of aliphatic hydroxyl groups excluding tert-OH is 1. The molecule has 1 aliphatic carbocycles. The van der Waals surface area contributed by atoms with Crippen LogP contribution >= 0.6 is 11.3 Å². The summed E-state index contributed by atoms with van der Waals surface area (Å²) in [4.78, 5) is 18.9. The normalized spacial score (nSPS) is 19.1. The number of aromatic nitrogens is 3. The van der Waals surface area contributed by atoms with Gasteiger partial charge in [0.1, 0.15) is 10.6 Å². The van der Waals surface area contributed by atoms with Gasteiger partial charge in [0.2, 0.25) is 20.0 Å². The largest absolute Gasteiger partial charge is 0.495 e. The van der Waals surface area contributed by atoms with E-state index in [1.807, 2.05) is 6.92 Å². The third-order valence-corrected chi connectivity index (χ3v) is 8.15. The van der Waals surface area contributed by atoms with Crippen LogP contribution in [0, 0.1) is 6.92 Å². The number of nitrogens with one attached hydrogen (secondary N) is 1. The SMILES string of the molecule is COc1ccc(-c2c(C)nc3sc(C(=O)N(C)C)nn23)cc1S(=O)(=O)N[C@H]1CC[C@@H](O)CC1. The summed E-state index contributed by atoms with van der Waals surface area (Å²) >= 11 is 1.18. The predicted molar refractivity (Wildman–Crippen MR) is 124 cm³/mol. The Morgan fingerprint density at radius 3 is 2.61 bits per heavy atom. The molecule has 0 atom stereocenters. The Bertz CT molecular complexity index is 1290. The van der Waals surface area contributed by atoms with Gasteiger partial charge in [-0.15, -0.1) is 5.10 Å². The summed E-state index contributed by atoms with van der Waals surface area (Å²) in [6, 6.07) is 4.65. The maximum absolute atomic E-state index is 13.3. The van der Waals surface area contributed by atoms with Gasteiger partial charge in [-0.05, 0) is 50.8 Å². The molecule has 1 saturated carbocycles. The topological polar surface area (TPSA) is 126 Å². The zero-order valence-electron chi connectivity index (χ0n) is 18.9. The number of carbonyl (C=O) groups excluding carboxylic acids is 1. The highest BCUT2D eigenvalue weighted by Crippen LogP contribution is 2.33. The lowest BCUT2D eigenvalue weighted by molar-refractivity contribution is 0.0826. The summed E-state index contributed by atoms with van der Waals surface area (Å²) in [6.07, 6.45) is 1.90. The maximum atomic E-state index is 13.3. The number of rotatable bonds is 6. The number of ether oxygens (including phenoxy) is 1. The van der Waals surface area contributed by atoms with Crippen LogP contribution in [0.2, 0.25) is 0 Å². The molecule has 1 aliphatic rings. The summed E-state index contributed by atoms with van der Waals surface area (Å²) in [5.41, 5.74) is 1.87. The quantitative estimate of drug-likeness (QED) is 0.538. The van der Waals surface area contributed by atoms with Crippen LogP contribution in [0.3, 0.4) is 0 Å². The molecule has 1 amide bonds. The molecule has 178 valence electrons. The molecule has 0 bridgehead atoms. The number of carbonyl (C=O) groups is 1. The molecule has 1 aromatic carbocycles. The molecule has 33 heavy (non-hydrogen) atoms. The van der Waals surface area contributed by atoms with Gasteiger partial charge < -0.3 is 14.7 Å². The molecule has 0 aliphatic heterocycles. The summed E-state index contributed by atoms with van der Waals surface area (Å²) < 4.78 is 36.2. The van der Waals surface area contributed by atoms with Crippen LogP contribution < -0.4 is 9.46 Å².